The maximum Gasteiger partial charge on any atom is 0.222 e. The normalized spacial score (nSPS) is 16.4. The molecule has 1 fully saturated rings. The summed E-state index contributed by atoms with van der Waals surface area (Å²) in [6.45, 7) is 1.90. The van der Waals surface area contributed by atoms with Gasteiger partial charge in [0.15, 0.2) is 0 Å². The molecule has 2 nitrogen and oxygen atoms in total. The van der Waals surface area contributed by atoms with E-state index in [4.69, 9.17) is 11.6 Å². The van der Waals surface area contributed by atoms with Crippen LogP contribution in [0.25, 0.3) is 0 Å². The summed E-state index contributed by atoms with van der Waals surface area (Å²) in [5.41, 5.74) is 0. The van der Waals surface area contributed by atoms with Gasteiger partial charge in [-0.3, -0.25) is 4.79 Å². The molecule has 2 heterocycles. The van der Waals surface area contributed by atoms with Gasteiger partial charge in [0.2, 0.25) is 5.91 Å². The number of piperidine rings is 1. The number of hydrogen-bond donors (Lipinski definition) is 0. The van der Waals surface area contributed by atoms with Crippen LogP contribution in [0.15, 0.2) is 11.4 Å². The lowest BCUT2D eigenvalue weighted by molar-refractivity contribution is -0.132. The van der Waals surface area contributed by atoms with E-state index in [1.54, 1.807) is 11.3 Å². The third-order valence-electron chi connectivity index (χ3n) is 2.92. The van der Waals surface area contributed by atoms with Crippen LogP contribution in [0.5, 0.6) is 0 Å². The molecule has 16 heavy (non-hydrogen) atoms. The zero-order chi connectivity index (χ0) is 11.4. The number of carbonyl (C=O) groups is 1. The smallest absolute Gasteiger partial charge is 0.222 e. The van der Waals surface area contributed by atoms with E-state index in [2.05, 4.69) is 0 Å². The van der Waals surface area contributed by atoms with E-state index in [1.807, 2.05) is 16.3 Å². The Balaban J connectivity index is 1.78. The monoisotopic (exact) mass is 257 g/mol. The molecule has 1 saturated heterocycles. The quantitative estimate of drug-likeness (QED) is 0.813. The number of aryl methyl sites for hydroxylation is 1. The number of rotatable bonds is 3. The number of nitrogens with zero attached hydrogens (tertiary/aromatic N) is 1. The van der Waals surface area contributed by atoms with Crippen molar-refractivity contribution >= 4 is 28.8 Å². The van der Waals surface area contributed by atoms with E-state index in [-0.39, 0.29) is 0 Å². The first-order valence-electron chi connectivity index (χ1n) is 5.76. The van der Waals surface area contributed by atoms with Crippen LogP contribution in [0.1, 0.15) is 30.6 Å². The lowest BCUT2D eigenvalue weighted by Gasteiger charge is -2.26. The summed E-state index contributed by atoms with van der Waals surface area (Å²) in [6, 6.07) is 1.95. The summed E-state index contributed by atoms with van der Waals surface area (Å²) in [4.78, 5) is 15.1. The third kappa shape index (κ3) is 3.22. The van der Waals surface area contributed by atoms with E-state index in [9.17, 15) is 4.79 Å². The van der Waals surface area contributed by atoms with Crippen LogP contribution in [0, 0.1) is 0 Å². The summed E-state index contributed by atoms with van der Waals surface area (Å²) in [5.74, 6) is 0.296. The predicted octanol–water partition coefficient (Wildman–Crippen LogP) is 3.35. The largest absolute Gasteiger partial charge is 0.343 e. The topological polar surface area (TPSA) is 20.3 Å². The van der Waals surface area contributed by atoms with Gasteiger partial charge in [-0.2, -0.15) is 0 Å². The van der Waals surface area contributed by atoms with Crippen LogP contribution in [0.2, 0.25) is 5.02 Å². The first-order valence-corrected chi connectivity index (χ1v) is 7.02. The molecule has 0 unspecified atom stereocenters. The van der Waals surface area contributed by atoms with E-state index in [0.717, 1.165) is 37.4 Å². The molecule has 1 aliphatic heterocycles. The minimum atomic E-state index is 0.296. The van der Waals surface area contributed by atoms with Crippen LogP contribution >= 0.6 is 22.9 Å². The Morgan fingerprint density at radius 3 is 2.75 bits per heavy atom. The maximum atomic E-state index is 11.9. The number of amides is 1. The van der Waals surface area contributed by atoms with Crippen molar-refractivity contribution in [3.8, 4) is 0 Å². The molecule has 2 rings (SSSR count). The Bertz CT molecular complexity index is 358. The van der Waals surface area contributed by atoms with Crippen molar-refractivity contribution in [3.05, 3.63) is 21.3 Å². The average molecular weight is 258 g/mol. The molecule has 1 aliphatic rings. The number of hydrogen-bond acceptors (Lipinski definition) is 2. The van der Waals surface area contributed by atoms with Crippen molar-refractivity contribution in [2.45, 2.75) is 32.1 Å². The molecule has 1 aromatic rings. The summed E-state index contributed by atoms with van der Waals surface area (Å²) < 4.78 is 0. The van der Waals surface area contributed by atoms with Crippen molar-refractivity contribution in [1.82, 2.24) is 4.90 Å². The van der Waals surface area contributed by atoms with E-state index in [1.165, 1.54) is 11.3 Å². The Labute approximate surface area is 105 Å². The van der Waals surface area contributed by atoms with Crippen molar-refractivity contribution in [3.63, 3.8) is 0 Å². The van der Waals surface area contributed by atoms with Gasteiger partial charge in [-0.05, 0) is 31.7 Å². The van der Waals surface area contributed by atoms with Crippen LogP contribution in [-0.2, 0) is 11.2 Å². The van der Waals surface area contributed by atoms with Crippen LogP contribution < -0.4 is 0 Å². The third-order valence-corrected chi connectivity index (χ3v) is 4.26. The first-order chi connectivity index (χ1) is 7.75. The van der Waals surface area contributed by atoms with Crippen LogP contribution in [-0.4, -0.2) is 23.9 Å². The van der Waals surface area contributed by atoms with Gasteiger partial charge < -0.3 is 4.90 Å². The second kappa shape index (κ2) is 5.69. The summed E-state index contributed by atoms with van der Waals surface area (Å²) >= 11 is 7.47. The van der Waals surface area contributed by atoms with Gasteiger partial charge in [0.1, 0.15) is 0 Å². The highest BCUT2D eigenvalue weighted by Crippen LogP contribution is 2.21. The average Bonchev–Trinajstić information content (AvgIpc) is 2.73. The molecule has 0 spiro atoms. The standard InChI is InChI=1S/C12H16ClNOS/c13-10-8-11(16-9-10)4-5-12(15)14-6-2-1-3-7-14/h8-9H,1-7H2. The van der Waals surface area contributed by atoms with Crippen LogP contribution in [0.3, 0.4) is 0 Å². The van der Waals surface area contributed by atoms with Gasteiger partial charge in [-0.1, -0.05) is 11.6 Å². The Kier molecular flexibility index (Phi) is 4.24. The van der Waals surface area contributed by atoms with Crippen molar-refractivity contribution in [2.75, 3.05) is 13.1 Å². The molecule has 0 radical (unpaired) electrons. The highest BCUT2D eigenvalue weighted by Gasteiger charge is 2.16. The Morgan fingerprint density at radius 2 is 2.12 bits per heavy atom. The summed E-state index contributed by atoms with van der Waals surface area (Å²) in [7, 11) is 0. The first kappa shape index (κ1) is 11.9. The molecule has 0 aliphatic carbocycles. The van der Waals surface area contributed by atoms with E-state index < -0.39 is 0 Å². The number of likely N-dealkylation sites (tertiary alicyclic amines) is 1. The van der Waals surface area contributed by atoms with Crippen molar-refractivity contribution in [2.24, 2.45) is 0 Å². The van der Waals surface area contributed by atoms with Gasteiger partial charge in [-0.15, -0.1) is 11.3 Å². The lowest BCUT2D eigenvalue weighted by Crippen LogP contribution is -2.35. The molecular weight excluding hydrogens is 242 g/mol. The van der Waals surface area contributed by atoms with Crippen molar-refractivity contribution in [1.29, 1.82) is 0 Å². The minimum absolute atomic E-state index is 0.296. The lowest BCUT2D eigenvalue weighted by atomic mass is 10.1. The molecule has 1 aromatic heterocycles. The Morgan fingerprint density at radius 1 is 1.38 bits per heavy atom. The van der Waals surface area contributed by atoms with E-state index >= 15 is 0 Å². The Hall–Kier alpha value is -0.540. The second-order valence-corrected chi connectivity index (χ2v) is 5.60. The van der Waals surface area contributed by atoms with Gasteiger partial charge in [0.05, 0.1) is 5.02 Å². The highest BCUT2D eigenvalue weighted by molar-refractivity contribution is 7.10. The molecule has 88 valence electrons. The fourth-order valence-electron chi connectivity index (χ4n) is 2.02. The molecule has 1 amide bonds. The van der Waals surface area contributed by atoms with Gasteiger partial charge in [0.25, 0.3) is 0 Å². The number of carbonyl (C=O) groups excluding carboxylic acids is 1. The molecule has 0 atom stereocenters. The van der Waals surface area contributed by atoms with Gasteiger partial charge >= 0.3 is 0 Å². The fraction of sp³-hybridized carbons (Fsp3) is 0.583. The predicted molar refractivity (Wildman–Crippen MR) is 68.1 cm³/mol. The summed E-state index contributed by atoms with van der Waals surface area (Å²) in [6.07, 6.45) is 5.04. The van der Waals surface area contributed by atoms with Crippen LogP contribution in [0.4, 0.5) is 0 Å². The molecule has 0 aromatic carbocycles. The highest BCUT2D eigenvalue weighted by atomic mass is 35.5. The fourth-order valence-corrected chi connectivity index (χ4v) is 3.09. The van der Waals surface area contributed by atoms with Gasteiger partial charge in [-0.25, -0.2) is 0 Å². The maximum absolute atomic E-state index is 11.9. The molecule has 0 N–H and O–H groups in total. The second-order valence-electron chi connectivity index (χ2n) is 4.17. The SMILES string of the molecule is O=C(CCc1cc(Cl)cs1)N1CCCCC1. The summed E-state index contributed by atoms with van der Waals surface area (Å²) in [5, 5.41) is 2.70. The molecule has 0 saturated carbocycles. The minimum Gasteiger partial charge on any atom is -0.343 e. The molecular formula is C12H16ClNOS. The zero-order valence-electron chi connectivity index (χ0n) is 9.25. The van der Waals surface area contributed by atoms with Gasteiger partial charge in [0, 0.05) is 29.8 Å². The zero-order valence-corrected chi connectivity index (χ0v) is 10.8. The number of halogens is 1. The van der Waals surface area contributed by atoms with E-state index in [0.29, 0.717) is 12.3 Å². The molecule has 4 heteroatoms. The number of thiophene rings is 1. The molecule has 0 bridgehead atoms. The van der Waals surface area contributed by atoms with Crippen molar-refractivity contribution < 1.29 is 4.79 Å².